The molecule has 2 aliphatic rings. The second-order valence-electron chi connectivity index (χ2n) is 13.7. The molecule has 0 aromatic heterocycles. The Morgan fingerprint density at radius 1 is 0.674 bits per heavy atom. The Morgan fingerprint density at radius 3 is 1.24 bits per heavy atom. The second-order valence-corrected chi connectivity index (χ2v) is 13.7. The van der Waals surface area contributed by atoms with Crippen LogP contribution in [0.3, 0.4) is 0 Å². The molecule has 244 valence electrons. The molecule has 46 heavy (non-hydrogen) atoms. The van der Waals surface area contributed by atoms with E-state index in [1.165, 1.54) is 0 Å². The highest BCUT2D eigenvalue weighted by Gasteiger charge is 2.51. The van der Waals surface area contributed by atoms with E-state index in [1.807, 2.05) is 60.7 Å². The van der Waals surface area contributed by atoms with Gasteiger partial charge in [0.2, 0.25) is 0 Å². The maximum atomic E-state index is 12.4. The highest BCUT2D eigenvalue weighted by Crippen LogP contribution is 2.46. The lowest BCUT2D eigenvalue weighted by Gasteiger charge is -2.32. The van der Waals surface area contributed by atoms with Crippen molar-refractivity contribution in [3.8, 4) is 12.1 Å². The fourth-order valence-corrected chi connectivity index (χ4v) is 5.88. The summed E-state index contributed by atoms with van der Waals surface area (Å²) in [4.78, 5) is 49.2. The molecular weight excluding hydrogens is 584 g/mol. The van der Waals surface area contributed by atoms with Crippen molar-refractivity contribution in [1.29, 1.82) is 10.5 Å². The minimum atomic E-state index is -1.22. The van der Waals surface area contributed by atoms with Gasteiger partial charge in [-0.3, -0.25) is 9.59 Å². The second kappa shape index (κ2) is 14.6. The van der Waals surface area contributed by atoms with Gasteiger partial charge in [-0.15, -0.1) is 0 Å². The van der Waals surface area contributed by atoms with Crippen LogP contribution in [0, 0.1) is 33.5 Å². The van der Waals surface area contributed by atoms with Crippen LogP contribution in [0.15, 0.2) is 60.7 Å². The maximum Gasteiger partial charge on any atom is 0.408 e. The molecular formula is C36H44N4O6. The van der Waals surface area contributed by atoms with Crippen LogP contribution in [-0.2, 0) is 19.1 Å². The van der Waals surface area contributed by atoms with Gasteiger partial charge in [0.25, 0.3) is 0 Å². The molecule has 2 aromatic rings. The zero-order valence-electron chi connectivity index (χ0n) is 27.5. The van der Waals surface area contributed by atoms with Gasteiger partial charge in [-0.2, -0.15) is 10.5 Å². The van der Waals surface area contributed by atoms with E-state index >= 15 is 0 Å². The molecule has 2 amide bonds. The molecule has 2 aromatic carbocycles. The van der Waals surface area contributed by atoms with Gasteiger partial charge < -0.3 is 20.1 Å². The minimum absolute atomic E-state index is 0.120. The SMILES string of the molecule is CC(C)(C)OC(=O)N[C@@H](c1ccccc1)[C@]1(C#N)CCCC1=O.CC(C)(C)OC(=O)N[C@H](c1ccccc1)[C@@]1(C#N)CCCC1=O. The number of ketones is 2. The number of hydrogen-bond donors (Lipinski definition) is 2. The first-order chi connectivity index (χ1) is 21.6. The average molecular weight is 629 g/mol. The number of amides is 2. The van der Waals surface area contributed by atoms with Crippen LogP contribution in [0.25, 0.3) is 0 Å². The number of carbonyl (C=O) groups is 4. The highest BCUT2D eigenvalue weighted by molar-refractivity contribution is 5.92. The summed E-state index contributed by atoms with van der Waals surface area (Å²) in [6.07, 6.45) is 1.69. The monoisotopic (exact) mass is 628 g/mol. The molecule has 4 rings (SSSR count). The Hall–Kier alpha value is -4.70. The zero-order chi connectivity index (χ0) is 34.2. The number of hydrogen-bond acceptors (Lipinski definition) is 8. The van der Waals surface area contributed by atoms with Crippen LogP contribution in [0.5, 0.6) is 0 Å². The fourth-order valence-electron chi connectivity index (χ4n) is 5.88. The van der Waals surface area contributed by atoms with Crippen LogP contribution in [-0.4, -0.2) is 35.0 Å². The maximum absolute atomic E-state index is 12.4. The van der Waals surface area contributed by atoms with Crippen molar-refractivity contribution in [2.24, 2.45) is 10.8 Å². The van der Waals surface area contributed by atoms with Crippen LogP contribution >= 0.6 is 0 Å². The van der Waals surface area contributed by atoms with Gasteiger partial charge in [-0.05, 0) is 78.4 Å². The van der Waals surface area contributed by atoms with Crippen LogP contribution in [0.2, 0.25) is 0 Å². The number of rotatable bonds is 6. The molecule has 10 heteroatoms. The van der Waals surface area contributed by atoms with Gasteiger partial charge in [0, 0.05) is 12.8 Å². The summed E-state index contributed by atoms with van der Waals surface area (Å²) in [5.41, 5.74) is -2.28. The number of Topliss-reactive ketones (excluding diaryl/α,β-unsaturated/α-hetero) is 2. The normalized spacial score (nSPS) is 22.3. The Kier molecular flexibility index (Phi) is 11.4. The first kappa shape index (κ1) is 35.8. The average Bonchev–Trinajstić information content (AvgIpc) is 3.56. The summed E-state index contributed by atoms with van der Waals surface area (Å²) in [6, 6.07) is 21.2. The van der Waals surface area contributed by atoms with Gasteiger partial charge in [0.15, 0.2) is 11.6 Å². The molecule has 0 bridgehead atoms. The molecule has 10 nitrogen and oxygen atoms in total. The molecule has 2 aliphatic carbocycles. The molecule has 4 atom stereocenters. The van der Waals surface area contributed by atoms with E-state index in [1.54, 1.807) is 41.5 Å². The number of nitriles is 2. The summed E-state index contributed by atoms with van der Waals surface area (Å²) in [5.74, 6) is -0.241. The molecule has 2 N–H and O–H groups in total. The third-order valence-corrected chi connectivity index (χ3v) is 7.92. The van der Waals surface area contributed by atoms with Crippen molar-refractivity contribution in [1.82, 2.24) is 10.6 Å². The first-order valence-corrected chi connectivity index (χ1v) is 15.5. The zero-order valence-corrected chi connectivity index (χ0v) is 27.5. The highest BCUT2D eigenvalue weighted by atomic mass is 16.6. The number of carbonyl (C=O) groups excluding carboxylic acids is 4. The lowest BCUT2D eigenvalue weighted by atomic mass is 9.76. The number of ether oxygens (including phenoxy) is 2. The van der Waals surface area contributed by atoms with Crippen molar-refractivity contribution >= 4 is 23.8 Å². The summed E-state index contributed by atoms with van der Waals surface area (Å²) < 4.78 is 10.6. The van der Waals surface area contributed by atoms with Gasteiger partial charge in [0.05, 0.1) is 24.2 Å². The van der Waals surface area contributed by atoms with Crippen molar-refractivity contribution in [2.45, 2.75) is 103 Å². The van der Waals surface area contributed by atoms with Crippen molar-refractivity contribution in [3.05, 3.63) is 71.8 Å². The molecule has 0 aliphatic heterocycles. The first-order valence-electron chi connectivity index (χ1n) is 15.5. The fraction of sp³-hybridized carbons (Fsp3) is 0.500. The number of nitrogens with one attached hydrogen (secondary N) is 2. The van der Waals surface area contributed by atoms with Crippen LogP contribution < -0.4 is 10.6 Å². The van der Waals surface area contributed by atoms with E-state index < -0.39 is 46.3 Å². The van der Waals surface area contributed by atoms with Crippen molar-refractivity contribution in [3.63, 3.8) is 0 Å². The predicted molar refractivity (Wildman–Crippen MR) is 171 cm³/mol. The number of alkyl carbamates (subject to hydrolysis) is 2. The molecule has 0 spiro atoms. The van der Waals surface area contributed by atoms with Crippen molar-refractivity contribution < 1.29 is 28.7 Å². The lowest BCUT2D eigenvalue weighted by Crippen LogP contribution is -2.44. The summed E-state index contributed by atoms with van der Waals surface area (Å²) in [7, 11) is 0. The summed E-state index contributed by atoms with van der Waals surface area (Å²) >= 11 is 0. The summed E-state index contributed by atoms with van der Waals surface area (Å²) in [6.45, 7) is 10.6. The van der Waals surface area contributed by atoms with E-state index in [0.29, 0.717) is 38.5 Å². The van der Waals surface area contributed by atoms with Crippen molar-refractivity contribution in [2.75, 3.05) is 0 Å². The number of benzene rings is 2. The van der Waals surface area contributed by atoms with Crippen LogP contribution in [0.4, 0.5) is 9.59 Å². The molecule has 0 unspecified atom stereocenters. The number of nitrogens with zero attached hydrogens (tertiary/aromatic N) is 2. The van der Waals surface area contributed by atoms with E-state index in [-0.39, 0.29) is 11.6 Å². The smallest absolute Gasteiger partial charge is 0.408 e. The molecule has 0 saturated heterocycles. The van der Waals surface area contributed by atoms with E-state index in [4.69, 9.17) is 9.47 Å². The minimum Gasteiger partial charge on any atom is -0.444 e. The molecule has 2 fully saturated rings. The third kappa shape index (κ3) is 8.72. The topological polar surface area (TPSA) is 158 Å². The van der Waals surface area contributed by atoms with Crippen LogP contribution in [0.1, 0.15) is 103 Å². The quantitative estimate of drug-likeness (QED) is 0.345. The summed E-state index contributed by atoms with van der Waals surface area (Å²) in [5, 5.41) is 24.9. The predicted octanol–water partition coefficient (Wildman–Crippen LogP) is 7.03. The van der Waals surface area contributed by atoms with Gasteiger partial charge >= 0.3 is 12.2 Å². The standard InChI is InChI=1S/2C18H22N2O3/c2*1-17(2,3)23-16(22)20-15(13-8-5-4-6-9-13)18(12-19)11-7-10-14(18)21/h2*4-6,8-9,15H,7,10-11H2,1-3H3,(H,20,22)/t2*15-,18-/m10/s1. The molecule has 0 radical (unpaired) electrons. The Morgan fingerprint density at radius 2 is 1.00 bits per heavy atom. The van der Waals surface area contributed by atoms with Gasteiger partial charge in [0.1, 0.15) is 22.0 Å². The van der Waals surface area contributed by atoms with E-state index in [0.717, 1.165) is 11.1 Å². The Balaban J connectivity index is 0.000000250. The van der Waals surface area contributed by atoms with Gasteiger partial charge in [-0.1, -0.05) is 60.7 Å². The molecule has 2 saturated carbocycles. The Labute approximate surface area is 271 Å². The largest absolute Gasteiger partial charge is 0.444 e. The van der Waals surface area contributed by atoms with Gasteiger partial charge in [-0.25, -0.2) is 9.59 Å². The lowest BCUT2D eigenvalue weighted by molar-refractivity contribution is -0.125. The third-order valence-electron chi connectivity index (χ3n) is 7.92. The molecule has 0 heterocycles. The Bertz CT molecular complexity index is 1370. The van der Waals surface area contributed by atoms with E-state index in [2.05, 4.69) is 22.8 Å². The van der Waals surface area contributed by atoms with E-state index in [9.17, 15) is 29.7 Å².